The number of benzene rings is 2. The van der Waals surface area contributed by atoms with E-state index in [1.807, 2.05) is 19.1 Å². The van der Waals surface area contributed by atoms with Crippen molar-refractivity contribution >= 4 is 33.2 Å². The minimum absolute atomic E-state index is 0.140. The number of amides is 1. The zero-order chi connectivity index (χ0) is 17.0. The molecule has 0 aliphatic rings. The summed E-state index contributed by atoms with van der Waals surface area (Å²) in [7, 11) is 0. The lowest BCUT2D eigenvalue weighted by Crippen LogP contribution is -2.30. The molecule has 23 heavy (non-hydrogen) atoms. The van der Waals surface area contributed by atoms with Crippen LogP contribution in [-0.4, -0.2) is 16.9 Å². The molecule has 0 spiro atoms. The number of carbonyl (C=O) groups is 1. The van der Waals surface area contributed by atoms with Gasteiger partial charge in [0.15, 0.2) is 6.10 Å². The van der Waals surface area contributed by atoms with E-state index in [2.05, 4.69) is 21.2 Å². The Hall–Kier alpha value is -2.41. The number of halogens is 1. The van der Waals surface area contributed by atoms with Crippen LogP contribution in [0.15, 0.2) is 46.9 Å². The van der Waals surface area contributed by atoms with Gasteiger partial charge in [-0.2, -0.15) is 0 Å². The van der Waals surface area contributed by atoms with Crippen molar-refractivity contribution < 1.29 is 14.5 Å². The second-order valence-corrected chi connectivity index (χ2v) is 5.81. The maximum absolute atomic E-state index is 12.2. The highest BCUT2D eigenvalue weighted by Gasteiger charge is 2.20. The summed E-state index contributed by atoms with van der Waals surface area (Å²) in [6, 6.07) is 11.5. The Morgan fingerprint density at radius 1 is 1.30 bits per heavy atom. The van der Waals surface area contributed by atoms with Crippen molar-refractivity contribution in [1.29, 1.82) is 0 Å². The highest BCUT2D eigenvalue weighted by molar-refractivity contribution is 9.10. The number of para-hydroxylation sites is 2. The molecule has 0 saturated carbocycles. The Morgan fingerprint density at radius 2 is 2.00 bits per heavy atom. The van der Waals surface area contributed by atoms with Crippen molar-refractivity contribution in [2.75, 3.05) is 5.32 Å². The molecule has 1 atom stereocenters. The van der Waals surface area contributed by atoms with E-state index in [9.17, 15) is 14.9 Å². The molecule has 2 aromatic carbocycles. The van der Waals surface area contributed by atoms with Gasteiger partial charge in [0, 0.05) is 6.07 Å². The predicted octanol–water partition coefficient (Wildman–Crippen LogP) is 4.07. The van der Waals surface area contributed by atoms with Gasteiger partial charge in [0.05, 0.1) is 9.40 Å². The normalized spacial score (nSPS) is 11.6. The van der Waals surface area contributed by atoms with Gasteiger partial charge in [-0.15, -0.1) is 0 Å². The van der Waals surface area contributed by atoms with Gasteiger partial charge >= 0.3 is 0 Å². The minimum Gasteiger partial charge on any atom is -0.480 e. The van der Waals surface area contributed by atoms with Crippen LogP contribution >= 0.6 is 15.9 Å². The number of nitro groups is 1. The van der Waals surface area contributed by atoms with Gasteiger partial charge in [0.1, 0.15) is 11.4 Å². The predicted molar refractivity (Wildman–Crippen MR) is 90.7 cm³/mol. The summed E-state index contributed by atoms with van der Waals surface area (Å²) in [4.78, 5) is 22.6. The standard InChI is InChI=1S/C16H15BrN2O4/c1-10-7-8-15(12(17)9-10)23-11(2)16(20)18-13-5-3-4-6-14(13)19(21)22/h3-9,11H,1-2H3,(H,18,20)/t11-/m1/s1. The summed E-state index contributed by atoms with van der Waals surface area (Å²) in [5.74, 6) is 0.0626. The molecule has 0 aromatic heterocycles. The van der Waals surface area contributed by atoms with Crippen molar-refractivity contribution in [1.82, 2.24) is 0 Å². The number of nitrogens with one attached hydrogen (secondary N) is 1. The van der Waals surface area contributed by atoms with Gasteiger partial charge in [-0.1, -0.05) is 18.2 Å². The summed E-state index contributed by atoms with van der Waals surface area (Å²) in [6.07, 6.45) is -0.811. The van der Waals surface area contributed by atoms with Gasteiger partial charge in [-0.25, -0.2) is 0 Å². The van der Waals surface area contributed by atoms with Crippen molar-refractivity contribution in [2.24, 2.45) is 0 Å². The zero-order valence-corrected chi connectivity index (χ0v) is 14.2. The molecule has 7 heteroatoms. The molecular formula is C16H15BrN2O4. The fourth-order valence-corrected chi connectivity index (χ4v) is 2.51. The molecule has 0 heterocycles. The molecule has 0 fully saturated rings. The number of rotatable bonds is 5. The lowest BCUT2D eigenvalue weighted by molar-refractivity contribution is -0.383. The highest BCUT2D eigenvalue weighted by Crippen LogP contribution is 2.27. The number of carbonyl (C=O) groups excluding carboxylic acids is 1. The molecule has 0 aliphatic heterocycles. The van der Waals surface area contributed by atoms with Crippen LogP contribution < -0.4 is 10.1 Å². The van der Waals surface area contributed by atoms with Crippen LogP contribution in [0.1, 0.15) is 12.5 Å². The first-order valence-corrected chi connectivity index (χ1v) is 7.65. The summed E-state index contributed by atoms with van der Waals surface area (Å²) >= 11 is 3.38. The Morgan fingerprint density at radius 3 is 2.65 bits per heavy atom. The molecule has 0 aliphatic carbocycles. The first-order chi connectivity index (χ1) is 10.9. The van der Waals surface area contributed by atoms with E-state index < -0.39 is 16.9 Å². The van der Waals surface area contributed by atoms with Gasteiger partial charge < -0.3 is 10.1 Å². The third kappa shape index (κ3) is 4.29. The largest absolute Gasteiger partial charge is 0.480 e. The molecule has 0 radical (unpaired) electrons. The molecule has 0 bridgehead atoms. The molecule has 120 valence electrons. The van der Waals surface area contributed by atoms with Gasteiger partial charge in [0.2, 0.25) is 0 Å². The van der Waals surface area contributed by atoms with E-state index >= 15 is 0 Å². The van der Waals surface area contributed by atoms with Crippen molar-refractivity contribution in [3.8, 4) is 5.75 Å². The zero-order valence-electron chi connectivity index (χ0n) is 12.6. The van der Waals surface area contributed by atoms with Crippen LogP contribution in [0.25, 0.3) is 0 Å². The molecule has 6 nitrogen and oxygen atoms in total. The van der Waals surface area contributed by atoms with Crippen molar-refractivity contribution in [2.45, 2.75) is 20.0 Å². The monoisotopic (exact) mass is 378 g/mol. The SMILES string of the molecule is Cc1ccc(O[C@H](C)C(=O)Nc2ccccc2[N+](=O)[O-])c(Br)c1. The van der Waals surface area contributed by atoms with Crippen LogP contribution in [-0.2, 0) is 4.79 Å². The fraction of sp³-hybridized carbons (Fsp3) is 0.188. The first kappa shape index (κ1) is 17.0. The van der Waals surface area contributed by atoms with Crippen LogP contribution in [0.2, 0.25) is 0 Å². The third-order valence-corrected chi connectivity index (χ3v) is 3.74. The number of ether oxygens (including phenoxy) is 1. The van der Waals surface area contributed by atoms with E-state index in [1.54, 1.807) is 19.1 Å². The van der Waals surface area contributed by atoms with Crippen LogP contribution in [0.5, 0.6) is 5.75 Å². The highest BCUT2D eigenvalue weighted by atomic mass is 79.9. The number of hydrogen-bond acceptors (Lipinski definition) is 4. The first-order valence-electron chi connectivity index (χ1n) is 6.85. The quantitative estimate of drug-likeness (QED) is 0.627. The van der Waals surface area contributed by atoms with E-state index in [1.165, 1.54) is 18.2 Å². The number of anilines is 1. The van der Waals surface area contributed by atoms with Crippen molar-refractivity contribution in [3.63, 3.8) is 0 Å². The van der Waals surface area contributed by atoms with E-state index in [4.69, 9.17) is 4.74 Å². The maximum Gasteiger partial charge on any atom is 0.292 e. The number of nitro benzene ring substituents is 1. The van der Waals surface area contributed by atoms with Gasteiger partial charge in [-0.3, -0.25) is 14.9 Å². The second kappa shape index (κ2) is 7.23. The third-order valence-electron chi connectivity index (χ3n) is 3.12. The molecular weight excluding hydrogens is 364 g/mol. The number of nitrogens with zero attached hydrogens (tertiary/aromatic N) is 1. The smallest absolute Gasteiger partial charge is 0.292 e. The van der Waals surface area contributed by atoms with E-state index in [0.29, 0.717) is 5.75 Å². The average Bonchev–Trinajstić information content (AvgIpc) is 2.50. The topological polar surface area (TPSA) is 81.5 Å². The molecule has 0 saturated heterocycles. The Labute approximate surface area is 141 Å². The lowest BCUT2D eigenvalue weighted by Gasteiger charge is -2.16. The molecule has 2 rings (SSSR count). The van der Waals surface area contributed by atoms with Crippen molar-refractivity contribution in [3.05, 3.63) is 62.6 Å². The Kier molecular flexibility index (Phi) is 5.33. The van der Waals surface area contributed by atoms with E-state index in [-0.39, 0.29) is 11.4 Å². The molecule has 1 amide bonds. The van der Waals surface area contributed by atoms with Crippen LogP contribution in [0.4, 0.5) is 11.4 Å². The minimum atomic E-state index is -0.811. The fourth-order valence-electron chi connectivity index (χ4n) is 1.92. The van der Waals surface area contributed by atoms with Crippen LogP contribution in [0, 0.1) is 17.0 Å². The Balaban J connectivity index is 2.10. The number of aryl methyl sites for hydroxylation is 1. The number of hydrogen-bond donors (Lipinski definition) is 1. The second-order valence-electron chi connectivity index (χ2n) is 4.96. The molecule has 2 aromatic rings. The van der Waals surface area contributed by atoms with Gasteiger partial charge in [-0.05, 0) is 53.5 Å². The lowest BCUT2D eigenvalue weighted by atomic mass is 10.2. The molecule has 1 N–H and O–H groups in total. The Bertz CT molecular complexity index is 749. The average molecular weight is 379 g/mol. The summed E-state index contributed by atoms with van der Waals surface area (Å²) in [6.45, 7) is 3.52. The van der Waals surface area contributed by atoms with Crippen LogP contribution in [0.3, 0.4) is 0 Å². The van der Waals surface area contributed by atoms with Gasteiger partial charge in [0.25, 0.3) is 11.6 Å². The summed E-state index contributed by atoms with van der Waals surface area (Å²) in [5.41, 5.74) is 1.03. The summed E-state index contributed by atoms with van der Waals surface area (Å²) in [5, 5.41) is 13.5. The maximum atomic E-state index is 12.2. The molecule has 0 unspecified atom stereocenters. The summed E-state index contributed by atoms with van der Waals surface area (Å²) < 4.78 is 6.34. The van der Waals surface area contributed by atoms with E-state index in [0.717, 1.165) is 10.0 Å².